The Balaban J connectivity index is 2.46. The number of carbonyl (C=O) groups excluding carboxylic acids is 1. The van der Waals surface area contributed by atoms with Crippen molar-refractivity contribution in [2.24, 2.45) is 0 Å². The number of hydrogen-bond acceptors (Lipinski definition) is 3. The second-order valence-corrected chi connectivity index (χ2v) is 6.84. The Morgan fingerprint density at radius 2 is 2.15 bits per heavy atom. The second-order valence-electron chi connectivity index (χ2n) is 4.05. The van der Waals surface area contributed by atoms with Gasteiger partial charge in [0.1, 0.15) is 11.4 Å². The van der Waals surface area contributed by atoms with E-state index in [4.69, 9.17) is 17.0 Å². The molecule has 0 atom stereocenters. The minimum atomic E-state index is -0.103. The number of likely N-dealkylation sites (N-methyl/N-ethyl adjacent to an activating group) is 1. The first kappa shape index (κ1) is 16.0. The molecule has 20 heavy (non-hydrogen) atoms. The molecule has 1 N–H and O–H groups in total. The molecule has 1 aliphatic heterocycles. The number of carbonyl (C=O) groups is 1. The molecule has 7 heteroatoms. The molecule has 1 aliphatic rings. The van der Waals surface area contributed by atoms with Crippen molar-refractivity contribution in [3.8, 4) is 5.75 Å². The average molecular weight is 514 g/mol. The van der Waals surface area contributed by atoms with Crippen LogP contribution in [0.2, 0.25) is 0 Å². The molecule has 0 aliphatic carbocycles. The van der Waals surface area contributed by atoms with Crippen LogP contribution in [0.5, 0.6) is 5.75 Å². The molecule has 0 spiro atoms. The minimum absolute atomic E-state index is 0.103. The summed E-state index contributed by atoms with van der Waals surface area (Å²) in [6, 6.07) is 4.00. The zero-order chi connectivity index (χ0) is 14.9. The van der Waals surface area contributed by atoms with Crippen LogP contribution < -0.4 is 10.1 Å². The Kier molecular flexibility index (Phi) is 5.24. The van der Waals surface area contributed by atoms with Gasteiger partial charge in [0.2, 0.25) is 0 Å². The number of amides is 1. The Hall–Kier alpha value is -0.420. The number of thiocarbonyl (C=S) groups is 1. The maximum absolute atomic E-state index is 12.2. The first-order chi connectivity index (χ1) is 9.47. The first-order valence-electron chi connectivity index (χ1n) is 5.85. The number of nitrogens with one attached hydrogen (secondary N) is 1. The standard InChI is InChI=1S/C13H12I2N2O2S/c1-3-17-12(18)10(16-13(17)20)5-7-4-8(14)6-9(15)11(7)19-2/h4-6H,3H2,1-2H3,(H,16,20)/b10-5-. The number of ether oxygens (including phenoxy) is 1. The van der Waals surface area contributed by atoms with E-state index in [0.717, 1.165) is 18.5 Å². The molecule has 106 valence electrons. The molecule has 0 saturated carbocycles. The van der Waals surface area contributed by atoms with Crippen LogP contribution in [-0.2, 0) is 4.79 Å². The third kappa shape index (κ3) is 3.08. The summed E-state index contributed by atoms with van der Waals surface area (Å²) in [5.74, 6) is 0.655. The monoisotopic (exact) mass is 514 g/mol. The van der Waals surface area contributed by atoms with E-state index < -0.39 is 0 Å². The van der Waals surface area contributed by atoms with Gasteiger partial charge in [-0.2, -0.15) is 0 Å². The molecule has 1 fully saturated rings. The van der Waals surface area contributed by atoms with E-state index >= 15 is 0 Å². The molecule has 4 nitrogen and oxygen atoms in total. The zero-order valence-electron chi connectivity index (χ0n) is 10.9. The summed E-state index contributed by atoms with van der Waals surface area (Å²) in [6.07, 6.45) is 1.79. The van der Waals surface area contributed by atoms with Gasteiger partial charge in [-0.3, -0.25) is 9.69 Å². The summed E-state index contributed by atoms with van der Waals surface area (Å²) >= 11 is 9.60. The Morgan fingerprint density at radius 1 is 1.45 bits per heavy atom. The molecular formula is C13H12I2N2O2S. The van der Waals surface area contributed by atoms with Crippen molar-refractivity contribution in [2.45, 2.75) is 6.92 Å². The molecule has 0 aromatic heterocycles. The van der Waals surface area contributed by atoms with Gasteiger partial charge in [-0.25, -0.2) is 0 Å². The summed E-state index contributed by atoms with van der Waals surface area (Å²) in [7, 11) is 1.62. The summed E-state index contributed by atoms with van der Waals surface area (Å²) in [5.41, 5.74) is 1.34. The lowest BCUT2D eigenvalue weighted by Crippen LogP contribution is -2.30. The van der Waals surface area contributed by atoms with Crippen molar-refractivity contribution in [2.75, 3.05) is 13.7 Å². The molecule has 0 bridgehead atoms. The van der Waals surface area contributed by atoms with Crippen LogP contribution in [0.25, 0.3) is 6.08 Å². The quantitative estimate of drug-likeness (QED) is 0.383. The predicted octanol–water partition coefficient (Wildman–Crippen LogP) is 2.98. The van der Waals surface area contributed by atoms with Crippen LogP contribution in [-0.4, -0.2) is 29.6 Å². The van der Waals surface area contributed by atoms with Crippen LogP contribution in [0.1, 0.15) is 12.5 Å². The van der Waals surface area contributed by atoms with Crippen molar-refractivity contribution in [3.05, 3.63) is 30.5 Å². The number of rotatable bonds is 3. The predicted molar refractivity (Wildman–Crippen MR) is 99.5 cm³/mol. The van der Waals surface area contributed by atoms with Crippen LogP contribution in [0.3, 0.4) is 0 Å². The van der Waals surface area contributed by atoms with Crippen molar-refractivity contribution in [1.82, 2.24) is 10.2 Å². The fraction of sp³-hybridized carbons (Fsp3) is 0.231. The molecule has 0 unspecified atom stereocenters. The van der Waals surface area contributed by atoms with Crippen molar-refractivity contribution < 1.29 is 9.53 Å². The second kappa shape index (κ2) is 6.56. The molecule has 1 heterocycles. The lowest BCUT2D eigenvalue weighted by atomic mass is 10.1. The summed E-state index contributed by atoms with van der Waals surface area (Å²) in [6.45, 7) is 2.45. The third-order valence-corrected chi connectivity index (χ3v) is 4.57. The van der Waals surface area contributed by atoms with Gasteiger partial charge < -0.3 is 10.1 Å². The van der Waals surface area contributed by atoms with Gasteiger partial charge in [-0.15, -0.1) is 0 Å². The van der Waals surface area contributed by atoms with Gasteiger partial charge in [-0.05, 0) is 82.5 Å². The summed E-state index contributed by atoms with van der Waals surface area (Å²) < 4.78 is 7.50. The number of nitrogens with zero attached hydrogens (tertiary/aromatic N) is 1. The van der Waals surface area contributed by atoms with E-state index in [0.29, 0.717) is 17.4 Å². The fourth-order valence-electron chi connectivity index (χ4n) is 1.92. The normalized spacial score (nSPS) is 16.8. The average Bonchev–Trinajstić information content (AvgIpc) is 2.63. The largest absolute Gasteiger partial charge is 0.495 e. The highest BCUT2D eigenvalue weighted by Gasteiger charge is 2.29. The Morgan fingerprint density at radius 3 is 2.70 bits per heavy atom. The van der Waals surface area contributed by atoms with Gasteiger partial charge >= 0.3 is 0 Å². The number of methoxy groups -OCH3 is 1. The van der Waals surface area contributed by atoms with E-state index in [1.54, 1.807) is 13.2 Å². The van der Waals surface area contributed by atoms with E-state index in [1.165, 1.54) is 4.90 Å². The smallest absolute Gasteiger partial charge is 0.276 e. The Labute approximate surface area is 150 Å². The van der Waals surface area contributed by atoms with Crippen molar-refractivity contribution >= 4 is 74.5 Å². The molecule has 2 rings (SSSR count). The summed E-state index contributed by atoms with van der Waals surface area (Å²) in [4.78, 5) is 13.7. The van der Waals surface area contributed by atoms with Gasteiger partial charge in [0.25, 0.3) is 5.91 Å². The molecular weight excluding hydrogens is 502 g/mol. The van der Waals surface area contributed by atoms with Gasteiger partial charge in [0.15, 0.2) is 5.11 Å². The number of halogens is 2. The first-order valence-corrected chi connectivity index (χ1v) is 8.42. The maximum atomic E-state index is 12.2. The van der Waals surface area contributed by atoms with Gasteiger partial charge in [0.05, 0.1) is 10.7 Å². The number of benzene rings is 1. The lowest BCUT2D eigenvalue weighted by molar-refractivity contribution is -0.122. The third-order valence-electron chi connectivity index (χ3n) is 2.82. The van der Waals surface area contributed by atoms with Crippen molar-refractivity contribution in [1.29, 1.82) is 0 Å². The lowest BCUT2D eigenvalue weighted by Gasteiger charge is -2.09. The Bertz CT molecular complexity index is 617. The van der Waals surface area contributed by atoms with Crippen LogP contribution in [0.15, 0.2) is 17.8 Å². The molecule has 1 amide bonds. The zero-order valence-corrected chi connectivity index (χ0v) is 16.0. The van der Waals surface area contributed by atoms with E-state index in [9.17, 15) is 4.79 Å². The highest BCUT2D eigenvalue weighted by molar-refractivity contribution is 14.1. The van der Waals surface area contributed by atoms with Crippen LogP contribution >= 0.6 is 57.4 Å². The molecule has 1 aromatic rings. The van der Waals surface area contributed by atoms with Crippen molar-refractivity contribution in [3.63, 3.8) is 0 Å². The van der Waals surface area contributed by atoms with Gasteiger partial charge in [-0.1, -0.05) is 0 Å². The van der Waals surface area contributed by atoms with E-state index in [-0.39, 0.29) is 5.91 Å². The van der Waals surface area contributed by atoms with Crippen LogP contribution in [0.4, 0.5) is 0 Å². The SMILES string of the molecule is CCN1C(=O)/C(=C/c2cc(I)cc(I)c2OC)NC1=S. The van der Waals surface area contributed by atoms with E-state index in [1.807, 2.05) is 19.1 Å². The van der Waals surface area contributed by atoms with Crippen LogP contribution in [0, 0.1) is 7.14 Å². The number of hydrogen-bond donors (Lipinski definition) is 1. The molecule has 1 aromatic carbocycles. The highest BCUT2D eigenvalue weighted by atomic mass is 127. The topological polar surface area (TPSA) is 41.6 Å². The van der Waals surface area contributed by atoms with E-state index in [2.05, 4.69) is 50.5 Å². The summed E-state index contributed by atoms with van der Waals surface area (Å²) in [5, 5.41) is 3.40. The minimum Gasteiger partial charge on any atom is -0.495 e. The van der Waals surface area contributed by atoms with Gasteiger partial charge in [0, 0.05) is 15.7 Å². The molecule has 1 saturated heterocycles. The maximum Gasteiger partial charge on any atom is 0.276 e. The fourth-order valence-corrected chi connectivity index (χ4v) is 4.35. The molecule has 0 radical (unpaired) electrons. The highest BCUT2D eigenvalue weighted by Crippen LogP contribution is 2.30.